The van der Waals surface area contributed by atoms with Crippen LogP contribution >= 0.6 is 0 Å². The average Bonchev–Trinajstić information content (AvgIpc) is 2.96. The van der Waals surface area contributed by atoms with Crippen molar-refractivity contribution in [2.75, 3.05) is 12.0 Å². The summed E-state index contributed by atoms with van der Waals surface area (Å²) in [6, 6.07) is 26.0. The summed E-state index contributed by atoms with van der Waals surface area (Å²) in [5, 5.41) is 0. The topological polar surface area (TPSA) is 55.8 Å². The van der Waals surface area contributed by atoms with Crippen LogP contribution in [0.2, 0.25) is 0 Å². The largest absolute Gasteiger partial charge is 0.497 e. The molecule has 0 unspecified atom stereocenters. The Labute approximate surface area is 225 Å². The lowest BCUT2D eigenvalue weighted by molar-refractivity contribution is -0.130. The van der Waals surface area contributed by atoms with Crippen LogP contribution in [0.4, 0.5) is 14.5 Å². The molecule has 0 aromatic heterocycles. The number of ether oxygens (including phenoxy) is 2. The van der Waals surface area contributed by atoms with E-state index < -0.39 is 11.7 Å². The van der Waals surface area contributed by atoms with Crippen molar-refractivity contribution in [2.24, 2.45) is 5.92 Å². The molecule has 4 aromatic rings. The molecule has 0 N–H and O–H groups in total. The number of hydrogen-bond acceptors (Lipinski definition) is 4. The van der Waals surface area contributed by atoms with Gasteiger partial charge in [0.05, 0.1) is 19.1 Å². The third kappa shape index (κ3) is 5.82. The van der Waals surface area contributed by atoms with Gasteiger partial charge in [0.2, 0.25) is 5.91 Å². The monoisotopic (exact) mass is 527 g/mol. The van der Waals surface area contributed by atoms with Crippen LogP contribution in [0.5, 0.6) is 11.5 Å². The van der Waals surface area contributed by atoms with Gasteiger partial charge in [0.1, 0.15) is 29.7 Å². The first-order chi connectivity index (χ1) is 18.9. The van der Waals surface area contributed by atoms with Crippen LogP contribution in [0.3, 0.4) is 0 Å². The molecule has 2 atom stereocenters. The summed E-state index contributed by atoms with van der Waals surface area (Å²) in [4.78, 5) is 27.6. The zero-order chi connectivity index (χ0) is 27.4. The van der Waals surface area contributed by atoms with Crippen LogP contribution in [0, 0.1) is 17.6 Å². The van der Waals surface area contributed by atoms with E-state index in [-0.39, 0.29) is 30.0 Å². The summed E-state index contributed by atoms with van der Waals surface area (Å²) >= 11 is 0. The molecule has 0 radical (unpaired) electrons. The van der Waals surface area contributed by atoms with Crippen LogP contribution in [-0.4, -0.2) is 18.8 Å². The fraction of sp³-hybridized carbons (Fsp3) is 0.188. The Morgan fingerprint density at radius 3 is 2.00 bits per heavy atom. The molecule has 5 nitrogen and oxygen atoms in total. The minimum Gasteiger partial charge on any atom is -0.497 e. The van der Waals surface area contributed by atoms with Crippen molar-refractivity contribution < 1.29 is 27.8 Å². The number of Topliss-reactive ketones (excluding diaryl/α,β-unsaturated/α-hetero) is 1. The third-order valence-corrected chi connectivity index (χ3v) is 6.95. The van der Waals surface area contributed by atoms with Crippen LogP contribution in [0.15, 0.2) is 97.1 Å². The highest BCUT2D eigenvalue weighted by Crippen LogP contribution is 2.46. The van der Waals surface area contributed by atoms with Crippen molar-refractivity contribution >= 4 is 17.4 Å². The van der Waals surface area contributed by atoms with Gasteiger partial charge < -0.3 is 14.4 Å². The van der Waals surface area contributed by atoms with E-state index in [1.54, 1.807) is 24.1 Å². The number of ketones is 1. The zero-order valence-electron chi connectivity index (χ0n) is 21.3. The number of benzene rings is 4. The summed E-state index contributed by atoms with van der Waals surface area (Å²) in [7, 11) is 1.62. The highest BCUT2D eigenvalue weighted by atomic mass is 19.1. The molecule has 7 heteroatoms. The fourth-order valence-corrected chi connectivity index (χ4v) is 4.82. The minimum absolute atomic E-state index is 0.127. The number of rotatable bonds is 10. The Kier molecular flexibility index (Phi) is 7.68. The van der Waals surface area contributed by atoms with E-state index in [0.29, 0.717) is 30.0 Å². The molecular formula is C32H27F2NO4. The molecule has 0 bridgehead atoms. The Morgan fingerprint density at radius 2 is 1.38 bits per heavy atom. The molecule has 5 rings (SSSR count). The lowest BCUT2D eigenvalue weighted by Gasteiger charge is -2.47. The van der Waals surface area contributed by atoms with Crippen LogP contribution in [0.25, 0.3) is 0 Å². The highest BCUT2D eigenvalue weighted by Gasteiger charge is 2.48. The molecule has 198 valence electrons. The zero-order valence-corrected chi connectivity index (χ0v) is 21.3. The summed E-state index contributed by atoms with van der Waals surface area (Å²) in [5.41, 5.74) is 2.88. The van der Waals surface area contributed by atoms with Crippen LogP contribution < -0.4 is 14.4 Å². The molecule has 39 heavy (non-hydrogen) atoms. The number of halogens is 2. The van der Waals surface area contributed by atoms with E-state index in [0.717, 1.165) is 16.9 Å². The maximum atomic E-state index is 13.6. The summed E-state index contributed by atoms with van der Waals surface area (Å²) in [6.45, 7) is 0.390. The SMILES string of the molecule is COc1ccc(COc2ccc([C@@H]3[C@@H](CCC(=O)c4ccc(F)cc4)C(=O)N3c3ccc(F)cc3)cc2)cc1. The van der Waals surface area contributed by atoms with Gasteiger partial charge in [-0.05, 0) is 90.3 Å². The molecule has 1 saturated heterocycles. The van der Waals surface area contributed by atoms with Gasteiger partial charge in [-0.2, -0.15) is 0 Å². The first kappa shape index (κ1) is 26.1. The van der Waals surface area contributed by atoms with Gasteiger partial charge in [-0.1, -0.05) is 24.3 Å². The lowest BCUT2D eigenvalue weighted by atomic mass is 9.78. The number of carbonyl (C=O) groups is 2. The first-order valence-corrected chi connectivity index (χ1v) is 12.7. The minimum atomic E-state index is -0.425. The van der Waals surface area contributed by atoms with Crippen molar-refractivity contribution in [3.8, 4) is 11.5 Å². The molecule has 4 aromatic carbocycles. The maximum Gasteiger partial charge on any atom is 0.233 e. The number of methoxy groups -OCH3 is 1. The normalized spacial score (nSPS) is 16.5. The lowest BCUT2D eigenvalue weighted by Crippen LogP contribution is -2.55. The molecule has 1 aliphatic rings. The van der Waals surface area contributed by atoms with E-state index in [2.05, 4.69) is 0 Å². The van der Waals surface area contributed by atoms with Crippen molar-refractivity contribution in [1.29, 1.82) is 0 Å². The highest BCUT2D eigenvalue weighted by molar-refractivity contribution is 6.04. The smallest absolute Gasteiger partial charge is 0.233 e. The second-order valence-corrected chi connectivity index (χ2v) is 9.41. The maximum absolute atomic E-state index is 13.6. The molecule has 0 spiro atoms. The summed E-state index contributed by atoms with van der Waals surface area (Å²) in [5.74, 6) is -0.0440. The predicted octanol–water partition coefficient (Wildman–Crippen LogP) is 6.92. The van der Waals surface area contributed by atoms with Gasteiger partial charge in [-0.3, -0.25) is 9.59 Å². The molecule has 1 amide bonds. The van der Waals surface area contributed by atoms with E-state index in [4.69, 9.17) is 9.47 Å². The van der Waals surface area contributed by atoms with Gasteiger partial charge in [0.15, 0.2) is 5.78 Å². The third-order valence-electron chi connectivity index (χ3n) is 6.95. The first-order valence-electron chi connectivity index (χ1n) is 12.7. The van der Waals surface area contributed by atoms with Crippen molar-refractivity contribution in [1.82, 2.24) is 0 Å². The quantitative estimate of drug-likeness (QED) is 0.166. The standard InChI is InChI=1S/C32H27F2NO4/c1-38-27-14-2-21(3-15-27)20-39-28-16-6-23(7-17-28)31-29(18-19-30(36)22-4-8-24(33)9-5-22)32(37)35(31)26-12-10-25(34)11-13-26/h2-17,29,31H,18-20H2,1H3/t29-,31-/m1/s1. The van der Waals surface area contributed by atoms with E-state index in [1.165, 1.54) is 36.4 Å². The van der Waals surface area contributed by atoms with Crippen molar-refractivity contribution in [3.05, 3.63) is 125 Å². The number of hydrogen-bond donors (Lipinski definition) is 0. The molecule has 1 fully saturated rings. The summed E-state index contributed by atoms with van der Waals surface area (Å²) in [6.07, 6.45) is 0.492. The van der Waals surface area contributed by atoms with E-state index in [9.17, 15) is 18.4 Å². The van der Waals surface area contributed by atoms with Gasteiger partial charge in [-0.25, -0.2) is 8.78 Å². The van der Waals surface area contributed by atoms with Gasteiger partial charge in [-0.15, -0.1) is 0 Å². The Hall–Kier alpha value is -4.52. The Balaban J connectivity index is 1.31. The van der Waals surface area contributed by atoms with Crippen LogP contribution in [-0.2, 0) is 11.4 Å². The van der Waals surface area contributed by atoms with Gasteiger partial charge >= 0.3 is 0 Å². The number of β-lactam (4-membered cyclic amide) rings is 1. The number of amides is 1. The molecular weight excluding hydrogens is 500 g/mol. The van der Waals surface area contributed by atoms with Crippen molar-refractivity contribution in [2.45, 2.75) is 25.5 Å². The van der Waals surface area contributed by atoms with Crippen molar-refractivity contribution in [3.63, 3.8) is 0 Å². The van der Waals surface area contributed by atoms with Gasteiger partial charge in [0.25, 0.3) is 0 Å². The summed E-state index contributed by atoms with van der Waals surface area (Å²) < 4.78 is 37.9. The van der Waals surface area contributed by atoms with Crippen LogP contribution in [0.1, 0.15) is 40.4 Å². The molecule has 0 saturated carbocycles. The van der Waals surface area contributed by atoms with E-state index >= 15 is 0 Å². The Bertz CT molecular complexity index is 1440. The predicted molar refractivity (Wildman–Crippen MR) is 144 cm³/mol. The Morgan fingerprint density at radius 1 is 0.795 bits per heavy atom. The number of nitrogens with zero attached hydrogens (tertiary/aromatic N) is 1. The second-order valence-electron chi connectivity index (χ2n) is 9.41. The number of anilines is 1. The average molecular weight is 528 g/mol. The molecule has 0 aliphatic carbocycles. The molecule has 1 aliphatic heterocycles. The van der Waals surface area contributed by atoms with E-state index in [1.807, 2.05) is 48.5 Å². The number of carbonyl (C=O) groups excluding carboxylic acids is 2. The fourth-order valence-electron chi connectivity index (χ4n) is 4.82. The molecule has 1 heterocycles. The second kappa shape index (κ2) is 11.5. The van der Waals surface area contributed by atoms with Gasteiger partial charge in [0, 0.05) is 17.7 Å².